The number of nitrogens with one attached hydrogen (secondary N) is 1. The van der Waals surface area contributed by atoms with Gasteiger partial charge in [0.1, 0.15) is 6.61 Å². The Morgan fingerprint density at radius 2 is 2.16 bits per heavy atom. The lowest BCUT2D eigenvalue weighted by Gasteiger charge is -2.15. The number of allylic oxidation sites excluding steroid dienone is 1. The van der Waals surface area contributed by atoms with Crippen molar-refractivity contribution in [2.24, 2.45) is 0 Å². The van der Waals surface area contributed by atoms with Crippen LogP contribution in [0.4, 0.5) is 0 Å². The zero-order chi connectivity index (χ0) is 17.3. The van der Waals surface area contributed by atoms with Crippen molar-refractivity contribution in [3.05, 3.63) is 35.4 Å². The van der Waals surface area contributed by atoms with Crippen molar-refractivity contribution in [1.82, 2.24) is 5.32 Å². The molecule has 0 radical (unpaired) electrons. The summed E-state index contributed by atoms with van der Waals surface area (Å²) in [6.45, 7) is 3.34. The van der Waals surface area contributed by atoms with E-state index in [2.05, 4.69) is 23.5 Å². The first-order valence-electron chi connectivity index (χ1n) is 9.65. The molecule has 1 N–H and O–H groups in total. The third kappa shape index (κ3) is 5.75. The molecule has 0 aromatic heterocycles. The molecule has 1 aromatic carbocycles. The van der Waals surface area contributed by atoms with Crippen LogP contribution in [0.5, 0.6) is 11.5 Å². The quantitative estimate of drug-likeness (QED) is 0.537. The maximum Gasteiger partial charge on any atom is 0.161 e. The summed E-state index contributed by atoms with van der Waals surface area (Å²) < 4.78 is 17.0. The number of benzene rings is 1. The second-order valence-electron chi connectivity index (χ2n) is 6.97. The van der Waals surface area contributed by atoms with Gasteiger partial charge in [-0.15, -0.1) is 0 Å². The van der Waals surface area contributed by atoms with Crippen LogP contribution in [0.15, 0.2) is 29.8 Å². The number of hydrogen-bond acceptors (Lipinski definition) is 4. The van der Waals surface area contributed by atoms with Gasteiger partial charge in [0.2, 0.25) is 0 Å². The minimum atomic E-state index is 0.222. The molecule has 1 aromatic rings. The van der Waals surface area contributed by atoms with Crippen LogP contribution < -0.4 is 14.8 Å². The monoisotopic (exact) mass is 345 g/mol. The summed E-state index contributed by atoms with van der Waals surface area (Å²) in [5.41, 5.74) is 2.84. The molecule has 0 amide bonds. The van der Waals surface area contributed by atoms with Crippen molar-refractivity contribution < 1.29 is 14.2 Å². The molecule has 1 fully saturated rings. The van der Waals surface area contributed by atoms with E-state index in [1.807, 2.05) is 6.07 Å². The predicted octanol–water partition coefficient (Wildman–Crippen LogP) is 4.23. The van der Waals surface area contributed by atoms with Crippen LogP contribution in [-0.2, 0) is 11.3 Å². The Morgan fingerprint density at radius 1 is 1.20 bits per heavy atom. The van der Waals surface area contributed by atoms with E-state index in [4.69, 9.17) is 14.2 Å². The Labute approximate surface area is 151 Å². The first-order valence-corrected chi connectivity index (χ1v) is 9.65. The number of methoxy groups -OCH3 is 1. The van der Waals surface area contributed by atoms with Gasteiger partial charge in [0.15, 0.2) is 11.5 Å². The summed E-state index contributed by atoms with van der Waals surface area (Å²) in [7, 11) is 1.70. The average molecular weight is 345 g/mol. The Morgan fingerprint density at radius 3 is 2.92 bits per heavy atom. The molecule has 2 aliphatic rings. The fourth-order valence-electron chi connectivity index (χ4n) is 3.51. The van der Waals surface area contributed by atoms with Crippen LogP contribution in [0.2, 0.25) is 0 Å². The number of rotatable bonds is 9. The SMILES string of the molecule is COc1cc(CNCCC2=CCCCC2)ccc1OCC1CCCO1. The Kier molecular flexibility index (Phi) is 7.19. The van der Waals surface area contributed by atoms with Gasteiger partial charge in [-0.1, -0.05) is 17.7 Å². The molecule has 1 atom stereocenters. The predicted molar refractivity (Wildman–Crippen MR) is 100 cm³/mol. The van der Waals surface area contributed by atoms with Crippen molar-refractivity contribution >= 4 is 0 Å². The van der Waals surface area contributed by atoms with Crippen molar-refractivity contribution in [2.75, 3.05) is 26.9 Å². The van der Waals surface area contributed by atoms with E-state index >= 15 is 0 Å². The second kappa shape index (κ2) is 9.83. The van der Waals surface area contributed by atoms with Gasteiger partial charge in [0, 0.05) is 13.2 Å². The molecule has 3 rings (SSSR count). The van der Waals surface area contributed by atoms with Gasteiger partial charge in [0.05, 0.1) is 13.2 Å². The van der Waals surface area contributed by atoms with E-state index in [9.17, 15) is 0 Å². The summed E-state index contributed by atoms with van der Waals surface area (Å²) >= 11 is 0. The van der Waals surface area contributed by atoms with Crippen LogP contribution in [0.1, 0.15) is 50.5 Å². The van der Waals surface area contributed by atoms with Crippen LogP contribution >= 0.6 is 0 Å². The van der Waals surface area contributed by atoms with Crippen molar-refractivity contribution in [1.29, 1.82) is 0 Å². The highest BCUT2D eigenvalue weighted by molar-refractivity contribution is 5.43. The zero-order valence-electron chi connectivity index (χ0n) is 15.4. The summed E-state index contributed by atoms with van der Waals surface area (Å²) in [5, 5.41) is 3.54. The molecule has 1 aliphatic carbocycles. The van der Waals surface area contributed by atoms with E-state index in [1.54, 1.807) is 12.7 Å². The van der Waals surface area contributed by atoms with Crippen LogP contribution in [-0.4, -0.2) is 33.0 Å². The molecule has 1 saturated heterocycles. The normalized spacial score (nSPS) is 20.4. The first-order chi connectivity index (χ1) is 12.3. The average Bonchev–Trinajstić information content (AvgIpc) is 3.18. The molecule has 1 aliphatic heterocycles. The molecule has 138 valence electrons. The first kappa shape index (κ1) is 18.3. The summed E-state index contributed by atoms with van der Waals surface area (Å²) in [5.74, 6) is 1.60. The van der Waals surface area contributed by atoms with Gasteiger partial charge in [0.25, 0.3) is 0 Å². The maximum atomic E-state index is 5.89. The van der Waals surface area contributed by atoms with E-state index in [0.29, 0.717) is 6.61 Å². The van der Waals surface area contributed by atoms with Crippen molar-refractivity contribution in [2.45, 2.75) is 57.6 Å². The van der Waals surface area contributed by atoms with Crippen molar-refractivity contribution in [3.63, 3.8) is 0 Å². The highest BCUT2D eigenvalue weighted by atomic mass is 16.5. The molecule has 0 saturated carbocycles. The lowest BCUT2D eigenvalue weighted by Crippen LogP contribution is -2.17. The minimum Gasteiger partial charge on any atom is -0.493 e. The fourth-order valence-corrected chi connectivity index (χ4v) is 3.51. The Balaban J connectivity index is 1.44. The molecular weight excluding hydrogens is 314 g/mol. The number of ether oxygens (including phenoxy) is 3. The third-order valence-corrected chi connectivity index (χ3v) is 5.01. The van der Waals surface area contributed by atoms with E-state index in [0.717, 1.165) is 44.0 Å². The van der Waals surface area contributed by atoms with Gasteiger partial charge in [-0.05, 0) is 69.2 Å². The lowest BCUT2D eigenvalue weighted by atomic mass is 9.97. The van der Waals surface area contributed by atoms with Gasteiger partial charge in [-0.25, -0.2) is 0 Å². The molecule has 4 nitrogen and oxygen atoms in total. The fraction of sp³-hybridized carbons (Fsp3) is 0.619. The van der Waals surface area contributed by atoms with Gasteiger partial charge in [-0.2, -0.15) is 0 Å². The molecular formula is C21H31NO3. The van der Waals surface area contributed by atoms with Gasteiger partial charge < -0.3 is 19.5 Å². The maximum absolute atomic E-state index is 5.89. The molecule has 4 heteroatoms. The zero-order valence-corrected chi connectivity index (χ0v) is 15.4. The molecule has 0 bridgehead atoms. The number of hydrogen-bond donors (Lipinski definition) is 1. The van der Waals surface area contributed by atoms with E-state index < -0.39 is 0 Å². The lowest BCUT2D eigenvalue weighted by molar-refractivity contribution is 0.0669. The Bertz CT molecular complexity index is 564. The summed E-state index contributed by atoms with van der Waals surface area (Å²) in [4.78, 5) is 0. The van der Waals surface area contributed by atoms with E-state index in [-0.39, 0.29) is 6.10 Å². The molecule has 1 unspecified atom stereocenters. The molecule has 25 heavy (non-hydrogen) atoms. The highest BCUT2D eigenvalue weighted by Gasteiger charge is 2.17. The summed E-state index contributed by atoms with van der Waals surface area (Å²) in [6.07, 6.45) is 11.3. The largest absolute Gasteiger partial charge is 0.493 e. The van der Waals surface area contributed by atoms with Gasteiger partial charge >= 0.3 is 0 Å². The Hall–Kier alpha value is -1.52. The topological polar surface area (TPSA) is 39.7 Å². The van der Waals surface area contributed by atoms with Crippen LogP contribution in [0.3, 0.4) is 0 Å². The van der Waals surface area contributed by atoms with Crippen molar-refractivity contribution in [3.8, 4) is 11.5 Å². The standard InChI is InChI=1S/C21H31NO3/c1-23-21-14-18(15-22-12-11-17-6-3-2-4-7-17)9-10-20(21)25-16-19-8-5-13-24-19/h6,9-10,14,19,22H,2-5,7-8,11-13,15-16H2,1H3. The van der Waals surface area contributed by atoms with Gasteiger partial charge in [-0.3, -0.25) is 0 Å². The summed E-state index contributed by atoms with van der Waals surface area (Å²) in [6, 6.07) is 6.19. The second-order valence-corrected chi connectivity index (χ2v) is 6.97. The minimum absolute atomic E-state index is 0.222. The highest BCUT2D eigenvalue weighted by Crippen LogP contribution is 2.29. The van der Waals surface area contributed by atoms with E-state index in [1.165, 1.54) is 37.7 Å². The van der Waals surface area contributed by atoms with Crippen LogP contribution in [0.25, 0.3) is 0 Å². The molecule has 1 heterocycles. The molecule has 0 spiro atoms. The smallest absolute Gasteiger partial charge is 0.161 e. The van der Waals surface area contributed by atoms with Crippen LogP contribution in [0, 0.1) is 0 Å². The third-order valence-electron chi connectivity index (χ3n) is 5.01.